The molecule has 1 rings (SSSR count). The molecule has 0 aromatic rings. The second-order valence-electron chi connectivity index (χ2n) is 6.45. The lowest BCUT2D eigenvalue weighted by Crippen LogP contribution is -2.51. The Morgan fingerprint density at radius 2 is 1.90 bits per heavy atom. The number of carbonyl (C=O) groups excluding carboxylic acids is 1. The Balaban J connectivity index is 1.94. The SMILES string of the molecule is CC(C)CCOCCCC(=O)N1CC(COC(C)C)C1. The highest BCUT2D eigenvalue weighted by Crippen LogP contribution is 2.18. The lowest BCUT2D eigenvalue weighted by atomic mass is 10.0. The van der Waals surface area contributed by atoms with Gasteiger partial charge in [0.1, 0.15) is 0 Å². The van der Waals surface area contributed by atoms with Gasteiger partial charge in [-0.2, -0.15) is 0 Å². The first-order valence-corrected chi connectivity index (χ1v) is 7.96. The van der Waals surface area contributed by atoms with E-state index in [2.05, 4.69) is 13.8 Å². The standard InChI is InChI=1S/C16H31NO3/c1-13(2)7-9-19-8-5-6-16(18)17-10-15(11-17)12-20-14(3)4/h13-15H,5-12H2,1-4H3. The summed E-state index contributed by atoms with van der Waals surface area (Å²) in [7, 11) is 0. The van der Waals surface area contributed by atoms with Crippen LogP contribution in [0.2, 0.25) is 0 Å². The molecule has 1 saturated heterocycles. The molecule has 1 aliphatic heterocycles. The van der Waals surface area contributed by atoms with Crippen molar-refractivity contribution in [1.29, 1.82) is 0 Å². The zero-order valence-electron chi connectivity index (χ0n) is 13.6. The van der Waals surface area contributed by atoms with E-state index in [1.54, 1.807) is 0 Å². The van der Waals surface area contributed by atoms with Crippen molar-refractivity contribution in [3.8, 4) is 0 Å². The fourth-order valence-electron chi connectivity index (χ4n) is 2.11. The molecule has 118 valence electrons. The third-order valence-corrected chi connectivity index (χ3v) is 3.49. The van der Waals surface area contributed by atoms with Crippen LogP contribution in [0.15, 0.2) is 0 Å². The average molecular weight is 285 g/mol. The van der Waals surface area contributed by atoms with E-state index in [-0.39, 0.29) is 12.0 Å². The molecule has 0 aliphatic carbocycles. The quantitative estimate of drug-likeness (QED) is 0.579. The molecule has 0 aromatic carbocycles. The highest BCUT2D eigenvalue weighted by atomic mass is 16.5. The van der Waals surface area contributed by atoms with Crippen molar-refractivity contribution in [3.05, 3.63) is 0 Å². The molecule has 20 heavy (non-hydrogen) atoms. The van der Waals surface area contributed by atoms with Gasteiger partial charge in [-0.05, 0) is 32.6 Å². The lowest BCUT2D eigenvalue weighted by Gasteiger charge is -2.39. The molecular formula is C16H31NO3. The Labute approximate surface area is 123 Å². The average Bonchev–Trinajstić information content (AvgIpc) is 2.30. The second kappa shape index (κ2) is 9.35. The third-order valence-electron chi connectivity index (χ3n) is 3.49. The predicted molar refractivity (Wildman–Crippen MR) is 80.7 cm³/mol. The van der Waals surface area contributed by atoms with Gasteiger partial charge in [-0.1, -0.05) is 13.8 Å². The summed E-state index contributed by atoms with van der Waals surface area (Å²) in [6.07, 6.45) is 2.82. The zero-order chi connectivity index (χ0) is 15.0. The lowest BCUT2D eigenvalue weighted by molar-refractivity contribution is -0.139. The molecular weight excluding hydrogens is 254 g/mol. The van der Waals surface area contributed by atoms with Gasteiger partial charge >= 0.3 is 0 Å². The van der Waals surface area contributed by atoms with Gasteiger partial charge in [0.25, 0.3) is 0 Å². The summed E-state index contributed by atoms with van der Waals surface area (Å²) in [6, 6.07) is 0. The van der Waals surface area contributed by atoms with Crippen LogP contribution in [0.4, 0.5) is 0 Å². The maximum atomic E-state index is 11.9. The molecule has 1 fully saturated rings. The minimum Gasteiger partial charge on any atom is -0.381 e. The highest BCUT2D eigenvalue weighted by Gasteiger charge is 2.30. The number of hydrogen-bond donors (Lipinski definition) is 0. The molecule has 1 heterocycles. The van der Waals surface area contributed by atoms with Crippen molar-refractivity contribution in [1.82, 2.24) is 4.90 Å². The fourth-order valence-corrected chi connectivity index (χ4v) is 2.11. The van der Waals surface area contributed by atoms with Gasteiger partial charge in [-0.3, -0.25) is 4.79 Å². The fraction of sp³-hybridized carbons (Fsp3) is 0.938. The number of amides is 1. The molecule has 0 spiro atoms. The van der Waals surface area contributed by atoms with Crippen LogP contribution >= 0.6 is 0 Å². The molecule has 0 saturated carbocycles. The van der Waals surface area contributed by atoms with Crippen LogP contribution in [0.1, 0.15) is 47.0 Å². The minimum absolute atomic E-state index is 0.262. The van der Waals surface area contributed by atoms with Crippen LogP contribution in [0.5, 0.6) is 0 Å². The first-order chi connectivity index (χ1) is 9.49. The van der Waals surface area contributed by atoms with Crippen LogP contribution in [0, 0.1) is 11.8 Å². The van der Waals surface area contributed by atoms with E-state index in [0.29, 0.717) is 24.9 Å². The van der Waals surface area contributed by atoms with Gasteiger partial charge in [0.15, 0.2) is 0 Å². The minimum atomic E-state index is 0.262. The van der Waals surface area contributed by atoms with Crippen molar-refractivity contribution >= 4 is 5.91 Å². The summed E-state index contributed by atoms with van der Waals surface area (Å²) in [5.41, 5.74) is 0. The first kappa shape index (κ1) is 17.4. The van der Waals surface area contributed by atoms with Crippen molar-refractivity contribution in [2.24, 2.45) is 11.8 Å². The summed E-state index contributed by atoms with van der Waals surface area (Å²) in [6.45, 7) is 12.5. The van der Waals surface area contributed by atoms with Gasteiger partial charge in [-0.25, -0.2) is 0 Å². The first-order valence-electron chi connectivity index (χ1n) is 7.96. The van der Waals surface area contributed by atoms with Crippen molar-refractivity contribution < 1.29 is 14.3 Å². The Morgan fingerprint density at radius 3 is 2.50 bits per heavy atom. The second-order valence-corrected chi connectivity index (χ2v) is 6.45. The molecule has 0 radical (unpaired) electrons. The number of rotatable bonds is 10. The molecule has 1 amide bonds. The Hall–Kier alpha value is -0.610. The van der Waals surface area contributed by atoms with E-state index in [1.807, 2.05) is 18.7 Å². The maximum absolute atomic E-state index is 11.9. The van der Waals surface area contributed by atoms with Crippen LogP contribution < -0.4 is 0 Å². The van der Waals surface area contributed by atoms with Crippen molar-refractivity contribution in [2.75, 3.05) is 32.9 Å². The zero-order valence-corrected chi connectivity index (χ0v) is 13.6. The Bertz CT molecular complexity index is 273. The normalized spacial score (nSPS) is 16.0. The summed E-state index contributed by atoms with van der Waals surface area (Å²) in [5.74, 6) is 1.48. The number of hydrogen-bond acceptors (Lipinski definition) is 3. The molecule has 0 bridgehead atoms. The molecule has 0 atom stereocenters. The van der Waals surface area contributed by atoms with Crippen LogP contribution in [-0.2, 0) is 14.3 Å². The van der Waals surface area contributed by atoms with E-state index in [4.69, 9.17) is 9.47 Å². The molecule has 0 unspecified atom stereocenters. The summed E-state index contributed by atoms with van der Waals surface area (Å²) in [4.78, 5) is 13.8. The number of carbonyl (C=O) groups is 1. The summed E-state index contributed by atoms with van der Waals surface area (Å²) in [5, 5.41) is 0. The van der Waals surface area contributed by atoms with Gasteiger partial charge < -0.3 is 14.4 Å². The number of likely N-dealkylation sites (tertiary alicyclic amines) is 1. The van der Waals surface area contributed by atoms with Gasteiger partial charge in [-0.15, -0.1) is 0 Å². The monoisotopic (exact) mass is 285 g/mol. The maximum Gasteiger partial charge on any atom is 0.222 e. The topological polar surface area (TPSA) is 38.8 Å². The van der Waals surface area contributed by atoms with E-state index in [9.17, 15) is 4.79 Å². The van der Waals surface area contributed by atoms with E-state index in [1.165, 1.54) is 0 Å². The van der Waals surface area contributed by atoms with Gasteiger partial charge in [0, 0.05) is 38.6 Å². The summed E-state index contributed by atoms with van der Waals surface area (Å²) < 4.78 is 11.1. The molecule has 0 N–H and O–H groups in total. The predicted octanol–water partition coefficient (Wildman–Crippen LogP) is 2.71. The van der Waals surface area contributed by atoms with E-state index < -0.39 is 0 Å². The largest absolute Gasteiger partial charge is 0.381 e. The smallest absolute Gasteiger partial charge is 0.222 e. The van der Waals surface area contributed by atoms with E-state index in [0.717, 1.165) is 39.1 Å². The van der Waals surface area contributed by atoms with Crippen LogP contribution in [0.25, 0.3) is 0 Å². The molecule has 1 aliphatic rings. The Kier molecular flexibility index (Phi) is 8.15. The van der Waals surface area contributed by atoms with E-state index >= 15 is 0 Å². The van der Waals surface area contributed by atoms with Crippen molar-refractivity contribution in [2.45, 2.75) is 53.1 Å². The van der Waals surface area contributed by atoms with Crippen LogP contribution in [-0.4, -0.2) is 49.8 Å². The number of nitrogens with zero attached hydrogens (tertiary/aromatic N) is 1. The van der Waals surface area contributed by atoms with Gasteiger partial charge in [0.05, 0.1) is 12.7 Å². The Morgan fingerprint density at radius 1 is 1.20 bits per heavy atom. The van der Waals surface area contributed by atoms with Gasteiger partial charge in [0.2, 0.25) is 5.91 Å². The molecule has 4 heteroatoms. The molecule has 4 nitrogen and oxygen atoms in total. The highest BCUT2D eigenvalue weighted by molar-refractivity contribution is 5.76. The molecule has 0 aromatic heterocycles. The van der Waals surface area contributed by atoms with Crippen molar-refractivity contribution in [3.63, 3.8) is 0 Å². The number of ether oxygens (including phenoxy) is 2. The van der Waals surface area contributed by atoms with Crippen LogP contribution in [0.3, 0.4) is 0 Å². The third kappa shape index (κ3) is 7.25. The summed E-state index contributed by atoms with van der Waals surface area (Å²) >= 11 is 0.